The second kappa shape index (κ2) is 11.0. The molecule has 0 spiro atoms. The molecule has 0 aromatic rings. The summed E-state index contributed by atoms with van der Waals surface area (Å²) >= 11 is 2.02. The Labute approximate surface area is 168 Å². The first-order valence-electron chi connectivity index (χ1n) is 10.9. The molecule has 3 rings (SSSR count). The summed E-state index contributed by atoms with van der Waals surface area (Å²) < 4.78 is 12.3. The molecule has 156 valence electrons. The summed E-state index contributed by atoms with van der Waals surface area (Å²) in [6.45, 7) is 4.09. The summed E-state index contributed by atoms with van der Waals surface area (Å²) in [7, 11) is 0. The number of hydrogen-bond donors (Lipinski definition) is 2. The van der Waals surface area contributed by atoms with E-state index in [0.717, 1.165) is 44.1 Å². The molecule has 0 aromatic carbocycles. The molecule has 2 heterocycles. The Morgan fingerprint density at radius 3 is 2.70 bits per heavy atom. The lowest BCUT2D eigenvalue weighted by Crippen LogP contribution is -2.30. The second-order valence-electron chi connectivity index (χ2n) is 8.70. The van der Waals surface area contributed by atoms with E-state index >= 15 is 0 Å². The molecule has 0 aromatic heterocycles. The van der Waals surface area contributed by atoms with E-state index in [1.54, 1.807) is 5.48 Å². The van der Waals surface area contributed by atoms with Crippen LogP contribution in [0.1, 0.15) is 71.1 Å². The fraction of sp³-hybridized carbons (Fsp3) is 0.952. The van der Waals surface area contributed by atoms with Gasteiger partial charge in [0.2, 0.25) is 5.91 Å². The average molecular weight is 400 g/mol. The molecule has 2 aliphatic heterocycles. The van der Waals surface area contributed by atoms with Crippen LogP contribution in [0.15, 0.2) is 0 Å². The summed E-state index contributed by atoms with van der Waals surface area (Å²) in [5.41, 5.74) is 1.71. The topological polar surface area (TPSA) is 67.8 Å². The Bertz CT molecular complexity index is 457. The molecule has 3 fully saturated rings. The van der Waals surface area contributed by atoms with Gasteiger partial charge in [-0.25, -0.2) is 5.48 Å². The number of thioether (sulfide) groups is 1. The van der Waals surface area contributed by atoms with Crippen molar-refractivity contribution < 1.29 is 19.5 Å². The van der Waals surface area contributed by atoms with Crippen molar-refractivity contribution in [2.75, 3.05) is 19.0 Å². The van der Waals surface area contributed by atoms with Gasteiger partial charge in [0, 0.05) is 24.9 Å². The number of amides is 1. The molecule has 1 aliphatic carbocycles. The molecule has 3 aliphatic rings. The van der Waals surface area contributed by atoms with E-state index < -0.39 is 0 Å². The molecule has 2 saturated heterocycles. The van der Waals surface area contributed by atoms with Crippen molar-refractivity contribution in [2.24, 2.45) is 17.8 Å². The van der Waals surface area contributed by atoms with Gasteiger partial charge in [-0.05, 0) is 68.5 Å². The minimum atomic E-state index is -0.286. The average Bonchev–Trinajstić information content (AvgIpc) is 3.41. The van der Waals surface area contributed by atoms with Crippen molar-refractivity contribution in [1.29, 1.82) is 0 Å². The summed E-state index contributed by atoms with van der Waals surface area (Å²) in [6.07, 6.45) is 12.2. The number of hydroxylamine groups is 1. The fourth-order valence-corrected chi connectivity index (χ4v) is 6.46. The summed E-state index contributed by atoms with van der Waals surface area (Å²) in [5.74, 6) is 2.99. The number of nitrogens with one attached hydrogen (secondary N) is 1. The van der Waals surface area contributed by atoms with Crippen molar-refractivity contribution in [1.82, 2.24) is 5.48 Å². The standard InChI is InChI=1S/C21H37NO4S/c1-15(5-4-8-21(23)22-24)27-14-18-17(19-9-10-20(18)26-19)11-12-25-13-16-6-2-3-7-16/h15-20,24H,2-14H2,1H3,(H,22,23). The van der Waals surface area contributed by atoms with Crippen molar-refractivity contribution in [3.05, 3.63) is 0 Å². The fourth-order valence-electron chi connectivity index (χ4n) is 5.11. The summed E-state index contributed by atoms with van der Waals surface area (Å²) in [6, 6.07) is 0. The van der Waals surface area contributed by atoms with Gasteiger partial charge >= 0.3 is 0 Å². The molecule has 1 saturated carbocycles. The third-order valence-electron chi connectivity index (χ3n) is 6.73. The minimum absolute atomic E-state index is 0.286. The maximum atomic E-state index is 11.1. The molecule has 5 nitrogen and oxygen atoms in total. The largest absolute Gasteiger partial charge is 0.381 e. The predicted octanol–water partition coefficient (Wildman–Crippen LogP) is 4.17. The third kappa shape index (κ3) is 6.34. The predicted molar refractivity (Wildman–Crippen MR) is 108 cm³/mol. The van der Waals surface area contributed by atoms with Crippen LogP contribution in [0, 0.1) is 17.8 Å². The van der Waals surface area contributed by atoms with Crippen LogP contribution in [-0.4, -0.2) is 47.5 Å². The van der Waals surface area contributed by atoms with Crippen LogP contribution in [0.4, 0.5) is 0 Å². The Balaban J connectivity index is 1.34. The zero-order chi connectivity index (χ0) is 19.1. The van der Waals surface area contributed by atoms with Crippen LogP contribution in [0.2, 0.25) is 0 Å². The van der Waals surface area contributed by atoms with Gasteiger partial charge in [-0.15, -0.1) is 0 Å². The highest BCUT2D eigenvalue weighted by Crippen LogP contribution is 2.46. The highest BCUT2D eigenvalue weighted by Gasteiger charge is 2.48. The van der Waals surface area contributed by atoms with Crippen LogP contribution in [0.3, 0.4) is 0 Å². The molecule has 5 atom stereocenters. The number of carbonyl (C=O) groups excluding carboxylic acids is 1. The lowest BCUT2D eigenvalue weighted by Gasteiger charge is -2.28. The number of hydrogen-bond acceptors (Lipinski definition) is 5. The van der Waals surface area contributed by atoms with Crippen LogP contribution in [0.25, 0.3) is 0 Å². The first-order valence-corrected chi connectivity index (χ1v) is 12.0. The zero-order valence-corrected chi connectivity index (χ0v) is 17.6. The number of ether oxygens (including phenoxy) is 2. The van der Waals surface area contributed by atoms with Gasteiger partial charge < -0.3 is 9.47 Å². The van der Waals surface area contributed by atoms with Crippen molar-refractivity contribution in [2.45, 2.75) is 88.6 Å². The molecule has 6 heteroatoms. The molecule has 5 unspecified atom stereocenters. The van der Waals surface area contributed by atoms with E-state index in [9.17, 15) is 4.79 Å². The highest BCUT2D eigenvalue weighted by atomic mass is 32.2. The van der Waals surface area contributed by atoms with Gasteiger partial charge in [-0.1, -0.05) is 19.8 Å². The third-order valence-corrected chi connectivity index (χ3v) is 8.11. The van der Waals surface area contributed by atoms with Gasteiger partial charge in [0.15, 0.2) is 0 Å². The second-order valence-corrected chi connectivity index (χ2v) is 10.2. The van der Waals surface area contributed by atoms with E-state index in [1.165, 1.54) is 38.5 Å². The van der Waals surface area contributed by atoms with E-state index in [1.807, 2.05) is 11.8 Å². The molecule has 2 bridgehead atoms. The molecule has 0 radical (unpaired) electrons. The molecule has 27 heavy (non-hydrogen) atoms. The normalized spacial score (nSPS) is 31.5. The first-order chi connectivity index (χ1) is 13.2. The van der Waals surface area contributed by atoms with E-state index in [-0.39, 0.29) is 5.91 Å². The SMILES string of the molecule is CC(CCCC(=O)NO)SCC1C2CCC(O2)C1CCOCC1CCCC1. The van der Waals surface area contributed by atoms with Crippen LogP contribution in [0.5, 0.6) is 0 Å². The summed E-state index contributed by atoms with van der Waals surface area (Å²) in [5, 5.41) is 9.09. The lowest BCUT2D eigenvalue weighted by atomic mass is 9.79. The van der Waals surface area contributed by atoms with Gasteiger partial charge in [0.25, 0.3) is 0 Å². The molecule has 2 N–H and O–H groups in total. The Kier molecular flexibility index (Phi) is 8.75. The summed E-state index contributed by atoms with van der Waals surface area (Å²) in [4.78, 5) is 11.1. The first kappa shape index (κ1) is 21.4. The molecular formula is C21H37NO4S. The van der Waals surface area contributed by atoms with Gasteiger partial charge in [0.05, 0.1) is 12.2 Å². The van der Waals surface area contributed by atoms with Crippen molar-refractivity contribution in [3.8, 4) is 0 Å². The van der Waals surface area contributed by atoms with Crippen LogP contribution >= 0.6 is 11.8 Å². The smallest absolute Gasteiger partial charge is 0.243 e. The van der Waals surface area contributed by atoms with Crippen molar-refractivity contribution >= 4 is 17.7 Å². The Morgan fingerprint density at radius 2 is 1.96 bits per heavy atom. The Hall–Kier alpha value is -0.300. The van der Waals surface area contributed by atoms with Gasteiger partial charge in [-0.2, -0.15) is 11.8 Å². The van der Waals surface area contributed by atoms with Gasteiger partial charge in [-0.3, -0.25) is 10.0 Å². The maximum absolute atomic E-state index is 11.1. The van der Waals surface area contributed by atoms with E-state index in [0.29, 0.717) is 35.7 Å². The number of rotatable bonds is 12. The van der Waals surface area contributed by atoms with Crippen LogP contribution in [-0.2, 0) is 14.3 Å². The quantitative estimate of drug-likeness (QED) is 0.293. The minimum Gasteiger partial charge on any atom is -0.381 e. The maximum Gasteiger partial charge on any atom is 0.243 e. The van der Waals surface area contributed by atoms with E-state index in [2.05, 4.69) is 6.92 Å². The van der Waals surface area contributed by atoms with Crippen LogP contribution < -0.4 is 5.48 Å². The van der Waals surface area contributed by atoms with E-state index in [4.69, 9.17) is 14.7 Å². The lowest BCUT2D eigenvalue weighted by molar-refractivity contribution is -0.129. The molecule has 1 amide bonds. The van der Waals surface area contributed by atoms with Gasteiger partial charge in [0.1, 0.15) is 0 Å². The van der Waals surface area contributed by atoms with Crippen molar-refractivity contribution in [3.63, 3.8) is 0 Å². The monoisotopic (exact) mass is 399 g/mol. The Morgan fingerprint density at radius 1 is 1.22 bits per heavy atom. The number of carbonyl (C=O) groups is 1. The molecular weight excluding hydrogens is 362 g/mol. The zero-order valence-electron chi connectivity index (χ0n) is 16.7. The number of fused-ring (bicyclic) bond motifs is 2. The highest BCUT2D eigenvalue weighted by molar-refractivity contribution is 7.99.